The van der Waals surface area contributed by atoms with E-state index in [-0.39, 0.29) is 17.9 Å². The van der Waals surface area contributed by atoms with E-state index >= 15 is 0 Å². The molecule has 0 saturated carbocycles. The molecule has 1 aliphatic heterocycles. The van der Waals surface area contributed by atoms with Gasteiger partial charge >= 0.3 is 12.0 Å². The fourth-order valence-electron chi connectivity index (χ4n) is 3.62. The number of esters is 1. The number of urea groups is 1. The fourth-order valence-corrected chi connectivity index (χ4v) is 3.62. The molecular formula is C20H28N4O3. The van der Waals surface area contributed by atoms with Gasteiger partial charge < -0.3 is 19.9 Å². The number of amides is 2. The minimum Gasteiger partial charge on any atom is -0.467 e. The second kappa shape index (κ2) is 8.41. The van der Waals surface area contributed by atoms with Gasteiger partial charge in [-0.2, -0.15) is 0 Å². The second-order valence-corrected chi connectivity index (χ2v) is 7.58. The molecule has 146 valence electrons. The summed E-state index contributed by atoms with van der Waals surface area (Å²) in [7, 11) is 1.35. The molecule has 2 N–H and O–H groups in total. The number of fused-ring (bicyclic) bond motifs is 1. The summed E-state index contributed by atoms with van der Waals surface area (Å²) in [6, 6.07) is 7.10. The van der Waals surface area contributed by atoms with Gasteiger partial charge in [-0.1, -0.05) is 26.0 Å². The van der Waals surface area contributed by atoms with Crippen LogP contribution in [0.3, 0.4) is 0 Å². The average Bonchev–Trinajstić information content (AvgIpc) is 3.11. The molecule has 0 bridgehead atoms. The van der Waals surface area contributed by atoms with Gasteiger partial charge in [0.2, 0.25) is 0 Å². The van der Waals surface area contributed by atoms with Crippen LogP contribution >= 0.6 is 0 Å². The Morgan fingerprint density at radius 2 is 2.15 bits per heavy atom. The largest absolute Gasteiger partial charge is 0.467 e. The Kier molecular flexibility index (Phi) is 5.98. The van der Waals surface area contributed by atoms with Crippen molar-refractivity contribution >= 4 is 23.0 Å². The van der Waals surface area contributed by atoms with E-state index in [2.05, 4.69) is 15.3 Å². The molecule has 7 heteroatoms. The van der Waals surface area contributed by atoms with Crippen molar-refractivity contribution in [3.05, 3.63) is 30.1 Å². The predicted octanol–water partition coefficient (Wildman–Crippen LogP) is 3.04. The van der Waals surface area contributed by atoms with E-state index in [9.17, 15) is 9.59 Å². The minimum absolute atomic E-state index is 0.165. The number of carbonyl (C=O) groups excluding carboxylic acids is 2. The van der Waals surface area contributed by atoms with Gasteiger partial charge in [-0.15, -0.1) is 0 Å². The highest BCUT2D eigenvalue weighted by molar-refractivity contribution is 5.83. The number of aromatic amines is 1. The summed E-state index contributed by atoms with van der Waals surface area (Å²) >= 11 is 0. The summed E-state index contributed by atoms with van der Waals surface area (Å²) in [5.41, 5.74) is 1.95. The third-order valence-corrected chi connectivity index (χ3v) is 4.99. The third-order valence-electron chi connectivity index (χ3n) is 4.99. The molecule has 2 amide bonds. The van der Waals surface area contributed by atoms with Crippen LogP contribution in [-0.4, -0.2) is 53.1 Å². The number of piperidine rings is 1. The lowest BCUT2D eigenvalue weighted by Gasteiger charge is -2.33. The van der Waals surface area contributed by atoms with Crippen molar-refractivity contribution < 1.29 is 14.3 Å². The maximum Gasteiger partial charge on any atom is 0.328 e. The van der Waals surface area contributed by atoms with Crippen LogP contribution < -0.4 is 5.32 Å². The van der Waals surface area contributed by atoms with Gasteiger partial charge in [0.15, 0.2) is 0 Å². The number of H-pyrrole nitrogens is 1. The predicted molar refractivity (Wildman–Crippen MR) is 103 cm³/mol. The fraction of sp³-hybridized carbons (Fsp3) is 0.550. The quantitative estimate of drug-likeness (QED) is 0.790. The maximum atomic E-state index is 12.7. The van der Waals surface area contributed by atoms with E-state index in [1.165, 1.54) is 7.11 Å². The van der Waals surface area contributed by atoms with Gasteiger partial charge in [-0.05, 0) is 37.3 Å². The zero-order valence-corrected chi connectivity index (χ0v) is 16.2. The van der Waals surface area contributed by atoms with E-state index in [0.717, 1.165) is 29.7 Å². The molecular weight excluding hydrogens is 344 g/mol. The van der Waals surface area contributed by atoms with Crippen molar-refractivity contribution in [3.63, 3.8) is 0 Å². The van der Waals surface area contributed by atoms with Crippen LogP contribution in [0, 0.1) is 5.92 Å². The zero-order valence-electron chi connectivity index (χ0n) is 16.2. The monoisotopic (exact) mass is 372 g/mol. The van der Waals surface area contributed by atoms with Crippen LogP contribution in [0.2, 0.25) is 0 Å². The third kappa shape index (κ3) is 4.59. The number of carbonyl (C=O) groups is 2. The van der Waals surface area contributed by atoms with Crippen LogP contribution in [0.5, 0.6) is 0 Å². The van der Waals surface area contributed by atoms with Crippen LogP contribution in [0.4, 0.5) is 4.79 Å². The molecule has 0 radical (unpaired) electrons. The Bertz CT molecular complexity index is 768. The van der Waals surface area contributed by atoms with Gasteiger partial charge in [-0.3, -0.25) is 0 Å². The lowest BCUT2D eigenvalue weighted by Crippen LogP contribution is -2.51. The molecule has 1 aliphatic rings. The first-order valence-electron chi connectivity index (χ1n) is 9.55. The Balaban J connectivity index is 1.67. The molecule has 3 rings (SSSR count). The van der Waals surface area contributed by atoms with Crippen LogP contribution in [0.15, 0.2) is 24.3 Å². The SMILES string of the molecule is COC(=O)C(CC(C)C)NC(=O)N1CCCC(c2nc3ccccc3[nH]2)C1. The number of benzene rings is 1. The first-order chi connectivity index (χ1) is 13.0. The number of ether oxygens (including phenoxy) is 1. The Hall–Kier alpha value is -2.57. The van der Waals surface area contributed by atoms with Crippen LogP contribution in [0.1, 0.15) is 44.9 Å². The molecule has 0 spiro atoms. The first-order valence-corrected chi connectivity index (χ1v) is 9.55. The molecule has 2 atom stereocenters. The van der Waals surface area contributed by atoms with Crippen molar-refractivity contribution in [2.24, 2.45) is 5.92 Å². The van der Waals surface area contributed by atoms with Gasteiger partial charge in [0, 0.05) is 19.0 Å². The maximum absolute atomic E-state index is 12.7. The summed E-state index contributed by atoms with van der Waals surface area (Å²) in [6.45, 7) is 5.29. The van der Waals surface area contributed by atoms with Gasteiger partial charge in [-0.25, -0.2) is 14.6 Å². The second-order valence-electron chi connectivity index (χ2n) is 7.58. The highest BCUT2D eigenvalue weighted by Gasteiger charge is 2.30. The van der Waals surface area contributed by atoms with E-state index in [0.29, 0.717) is 19.5 Å². The standard InChI is InChI=1S/C20H28N4O3/c1-13(2)11-17(19(25)27-3)23-20(26)24-10-6-7-14(12-24)18-21-15-8-4-5-9-16(15)22-18/h4-5,8-9,13-14,17H,6-7,10-12H2,1-3H3,(H,21,22)(H,23,26). The molecule has 2 heterocycles. The van der Waals surface area contributed by atoms with E-state index in [1.54, 1.807) is 4.90 Å². The Morgan fingerprint density at radius 3 is 2.85 bits per heavy atom. The number of para-hydroxylation sites is 2. The number of hydrogen-bond donors (Lipinski definition) is 2. The number of aromatic nitrogens is 2. The number of nitrogens with one attached hydrogen (secondary N) is 2. The molecule has 1 saturated heterocycles. The molecule has 1 fully saturated rings. The minimum atomic E-state index is -0.617. The number of nitrogens with zero attached hydrogens (tertiary/aromatic N) is 2. The summed E-state index contributed by atoms with van der Waals surface area (Å²) < 4.78 is 4.84. The highest BCUT2D eigenvalue weighted by atomic mass is 16.5. The first kappa shape index (κ1) is 19.2. The lowest BCUT2D eigenvalue weighted by molar-refractivity contribution is -0.143. The molecule has 2 aromatic rings. The van der Waals surface area contributed by atoms with Gasteiger partial charge in [0.1, 0.15) is 11.9 Å². The molecule has 27 heavy (non-hydrogen) atoms. The lowest BCUT2D eigenvalue weighted by atomic mass is 9.97. The number of imidazole rings is 1. The molecule has 2 unspecified atom stereocenters. The molecule has 7 nitrogen and oxygen atoms in total. The van der Waals surface area contributed by atoms with E-state index in [1.807, 2.05) is 38.1 Å². The zero-order chi connectivity index (χ0) is 19.4. The number of rotatable bonds is 5. The topological polar surface area (TPSA) is 87.3 Å². The normalized spacial score (nSPS) is 18.5. The molecule has 0 aliphatic carbocycles. The smallest absolute Gasteiger partial charge is 0.328 e. The average molecular weight is 372 g/mol. The van der Waals surface area contributed by atoms with Gasteiger partial charge in [0.05, 0.1) is 18.1 Å². The Morgan fingerprint density at radius 1 is 1.37 bits per heavy atom. The van der Waals surface area contributed by atoms with Crippen molar-refractivity contribution in [3.8, 4) is 0 Å². The number of hydrogen-bond acceptors (Lipinski definition) is 4. The molecule has 1 aromatic heterocycles. The summed E-state index contributed by atoms with van der Waals surface area (Å²) in [6.07, 6.45) is 2.44. The van der Waals surface area contributed by atoms with Crippen molar-refractivity contribution in [1.29, 1.82) is 0 Å². The van der Waals surface area contributed by atoms with E-state index in [4.69, 9.17) is 4.74 Å². The van der Waals surface area contributed by atoms with Crippen molar-refractivity contribution in [1.82, 2.24) is 20.2 Å². The summed E-state index contributed by atoms with van der Waals surface area (Å²) in [4.78, 5) is 34.6. The molecule has 1 aromatic carbocycles. The van der Waals surface area contributed by atoms with Gasteiger partial charge in [0.25, 0.3) is 0 Å². The Labute approximate surface area is 159 Å². The van der Waals surface area contributed by atoms with E-state index < -0.39 is 12.0 Å². The van der Waals surface area contributed by atoms with Crippen LogP contribution in [0.25, 0.3) is 11.0 Å². The van der Waals surface area contributed by atoms with Crippen LogP contribution in [-0.2, 0) is 9.53 Å². The number of methoxy groups -OCH3 is 1. The summed E-state index contributed by atoms with van der Waals surface area (Å²) in [5, 5.41) is 2.85. The number of likely N-dealkylation sites (tertiary alicyclic amines) is 1. The van der Waals surface area contributed by atoms with Crippen molar-refractivity contribution in [2.75, 3.05) is 20.2 Å². The van der Waals surface area contributed by atoms with Crippen molar-refractivity contribution in [2.45, 2.75) is 45.1 Å². The summed E-state index contributed by atoms with van der Waals surface area (Å²) in [5.74, 6) is 0.959. The highest BCUT2D eigenvalue weighted by Crippen LogP contribution is 2.26.